The Morgan fingerprint density at radius 3 is 2.32 bits per heavy atom. The number of carbonyl (C=O) groups excluding carboxylic acids is 1. The van der Waals surface area contributed by atoms with E-state index in [9.17, 15) is 13.2 Å². The van der Waals surface area contributed by atoms with E-state index in [1.54, 1.807) is 43.3 Å². The Labute approximate surface area is 149 Å². The molecule has 0 aliphatic carbocycles. The highest BCUT2D eigenvalue weighted by molar-refractivity contribution is 7.89. The number of carbonyl (C=O) groups is 1. The number of hydrogen-bond donors (Lipinski definition) is 0. The zero-order valence-corrected chi connectivity index (χ0v) is 15.8. The summed E-state index contributed by atoms with van der Waals surface area (Å²) in [6.45, 7) is 2.42. The quantitative estimate of drug-likeness (QED) is 0.794. The first-order valence-corrected chi connectivity index (χ1v) is 9.91. The smallest absolute Gasteiger partial charge is 0.253 e. The molecule has 0 saturated carbocycles. The Morgan fingerprint density at radius 1 is 1.12 bits per heavy atom. The van der Waals surface area contributed by atoms with Crippen molar-refractivity contribution in [1.82, 2.24) is 4.90 Å². The normalized spacial score (nSPS) is 11.2. The number of methoxy groups -OCH3 is 1. The molecule has 0 aliphatic rings. The van der Waals surface area contributed by atoms with Gasteiger partial charge in [-0.05, 0) is 30.7 Å². The van der Waals surface area contributed by atoms with E-state index in [0.29, 0.717) is 17.7 Å². The maximum atomic E-state index is 12.6. The molecule has 6 heteroatoms. The van der Waals surface area contributed by atoms with Crippen LogP contribution in [0.1, 0.15) is 27.0 Å². The molecule has 0 spiro atoms. The first-order valence-electron chi connectivity index (χ1n) is 7.85. The third kappa shape index (κ3) is 5.32. The third-order valence-corrected chi connectivity index (χ3v) is 4.68. The SMILES string of the molecule is COc1ccc(C)cc1CN(C)C(=O)c1ccc(CS(C)(=O)=O)cc1. The second-order valence-electron chi connectivity index (χ2n) is 6.24. The van der Waals surface area contributed by atoms with Gasteiger partial charge < -0.3 is 9.64 Å². The van der Waals surface area contributed by atoms with Gasteiger partial charge in [-0.1, -0.05) is 29.8 Å². The van der Waals surface area contributed by atoms with Gasteiger partial charge in [-0.3, -0.25) is 4.79 Å². The zero-order valence-electron chi connectivity index (χ0n) is 14.9. The van der Waals surface area contributed by atoms with Crippen molar-refractivity contribution in [1.29, 1.82) is 0 Å². The highest BCUT2D eigenvalue weighted by atomic mass is 32.2. The summed E-state index contributed by atoms with van der Waals surface area (Å²) >= 11 is 0. The van der Waals surface area contributed by atoms with Crippen molar-refractivity contribution in [2.24, 2.45) is 0 Å². The van der Waals surface area contributed by atoms with E-state index in [1.807, 2.05) is 25.1 Å². The van der Waals surface area contributed by atoms with Crippen LogP contribution >= 0.6 is 0 Å². The van der Waals surface area contributed by atoms with Gasteiger partial charge in [0.1, 0.15) is 5.75 Å². The standard InChI is InChI=1S/C19H23NO4S/c1-14-5-10-18(24-3)17(11-14)12-20(2)19(21)16-8-6-15(7-9-16)13-25(4,22)23/h5-11H,12-13H2,1-4H3. The van der Waals surface area contributed by atoms with Crippen molar-refractivity contribution < 1.29 is 17.9 Å². The number of rotatable bonds is 6. The van der Waals surface area contributed by atoms with Crippen LogP contribution in [-0.4, -0.2) is 39.6 Å². The number of aryl methyl sites for hydroxylation is 1. The fourth-order valence-corrected chi connectivity index (χ4v) is 3.42. The van der Waals surface area contributed by atoms with Crippen LogP contribution in [0.25, 0.3) is 0 Å². The predicted octanol–water partition coefficient (Wildman–Crippen LogP) is 2.82. The molecular weight excluding hydrogens is 338 g/mol. The zero-order chi connectivity index (χ0) is 18.6. The van der Waals surface area contributed by atoms with Gasteiger partial charge in [-0.2, -0.15) is 0 Å². The van der Waals surface area contributed by atoms with Gasteiger partial charge in [0.2, 0.25) is 0 Å². The van der Waals surface area contributed by atoms with E-state index < -0.39 is 9.84 Å². The molecule has 0 radical (unpaired) electrons. The number of benzene rings is 2. The van der Waals surface area contributed by atoms with E-state index >= 15 is 0 Å². The molecule has 134 valence electrons. The molecular formula is C19H23NO4S. The topological polar surface area (TPSA) is 63.7 Å². The second-order valence-corrected chi connectivity index (χ2v) is 8.38. The van der Waals surface area contributed by atoms with Gasteiger partial charge in [0.05, 0.1) is 12.9 Å². The molecule has 0 heterocycles. The monoisotopic (exact) mass is 361 g/mol. The van der Waals surface area contributed by atoms with Crippen molar-refractivity contribution in [2.75, 3.05) is 20.4 Å². The van der Waals surface area contributed by atoms with E-state index in [4.69, 9.17) is 4.74 Å². The number of hydrogen-bond acceptors (Lipinski definition) is 4. The van der Waals surface area contributed by atoms with Gasteiger partial charge in [0, 0.05) is 31.0 Å². The first kappa shape index (κ1) is 19.0. The Hall–Kier alpha value is -2.34. The summed E-state index contributed by atoms with van der Waals surface area (Å²) in [4.78, 5) is 14.2. The van der Waals surface area contributed by atoms with Gasteiger partial charge in [-0.15, -0.1) is 0 Å². The molecule has 0 saturated heterocycles. The average Bonchev–Trinajstić information content (AvgIpc) is 2.53. The lowest BCUT2D eigenvalue weighted by molar-refractivity contribution is 0.0784. The molecule has 0 N–H and O–H groups in total. The lowest BCUT2D eigenvalue weighted by Gasteiger charge is -2.19. The molecule has 0 fully saturated rings. The summed E-state index contributed by atoms with van der Waals surface area (Å²) in [5.41, 5.74) is 3.22. The number of nitrogens with zero attached hydrogens (tertiary/aromatic N) is 1. The lowest BCUT2D eigenvalue weighted by atomic mass is 10.1. The van der Waals surface area contributed by atoms with Crippen LogP contribution in [-0.2, 0) is 22.1 Å². The fourth-order valence-electron chi connectivity index (χ4n) is 2.62. The van der Waals surface area contributed by atoms with Gasteiger partial charge >= 0.3 is 0 Å². The summed E-state index contributed by atoms with van der Waals surface area (Å²) in [5, 5.41) is 0. The summed E-state index contributed by atoms with van der Waals surface area (Å²) in [7, 11) is 0.250. The van der Waals surface area contributed by atoms with E-state index in [2.05, 4.69) is 0 Å². The first-order chi connectivity index (χ1) is 11.7. The Balaban J connectivity index is 2.13. The molecule has 2 aromatic carbocycles. The van der Waals surface area contributed by atoms with E-state index in [1.165, 1.54) is 6.26 Å². The van der Waals surface area contributed by atoms with Crippen molar-refractivity contribution in [3.05, 3.63) is 64.7 Å². The minimum Gasteiger partial charge on any atom is -0.496 e. The maximum absolute atomic E-state index is 12.6. The van der Waals surface area contributed by atoms with Crippen LogP contribution in [0, 0.1) is 6.92 Å². The fraction of sp³-hybridized carbons (Fsp3) is 0.316. The largest absolute Gasteiger partial charge is 0.496 e. The second kappa shape index (κ2) is 7.70. The van der Waals surface area contributed by atoms with Gasteiger partial charge in [0.15, 0.2) is 9.84 Å². The predicted molar refractivity (Wildman–Crippen MR) is 98.5 cm³/mol. The Bertz CT molecular complexity index is 857. The number of sulfone groups is 1. The Morgan fingerprint density at radius 2 is 1.76 bits per heavy atom. The molecule has 0 aromatic heterocycles. The third-order valence-electron chi connectivity index (χ3n) is 3.82. The van der Waals surface area contributed by atoms with Crippen molar-refractivity contribution in [3.8, 4) is 5.75 Å². The molecule has 0 aliphatic heterocycles. The molecule has 5 nitrogen and oxygen atoms in total. The Kier molecular flexibility index (Phi) is 5.85. The highest BCUT2D eigenvalue weighted by Crippen LogP contribution is 2.21. The van der Waals surface area contributed by atoms with Crippen LogP contribution in [0.5, 0.6) is 5.75 Å². The van der Waals surface area contributed by atoms with Crippen LogP contribution < -0.4 is 4.74 Å². The van der Waals surface area contributed by atoms with Crippen molar-refractivity contribution in [2.45, 2.75) is 19.2 Å². The minimum atomic E-state index is -3.09. The molecule has 2 rings (SSSR count). The van der Waals surface area contributed by atoms with Crippen LogP contribution in [0.15, 0.2) is 42.5 Å². The number of amides is 1. The average molecular weight is 361 g/mol. The number of ether oxygens (including phenoxy) is 1. The molecule has 1 amide bonds. The van der Waals surface area contributed by atoms with Crippen LogP contribution in [0.2, 0.25) is 0 Å². The van der Waals surface area contributed by atoms with Crippen molar-refractivity contribution in [3.63, 3.8) is 0 Å². The summed E-state index contributed by atoms with van der Waals surface area (Å²) < 4.78 is 28.0. The molecule has 0 atom stereocenters. The summed E-state index contributed by atoms with van der Waals surface area (Å²) in [6, 6.07) is 12.5. The summed E-state index contributed by atoms with van der Waals surface area (Å²) in [6.07, 6.45) is 1.19. The molecule has 2 aromatic rings. The van der Waals surface area contributed by atoms with Gasteiger partial charge in [0.25, 0.3) is 5.91 Å². The van der Waals surface area contributed by atoms with Crippen LogP contribution in [0.3, 0.4) is 0 Å². The van der Waals surface area contributed by atoms with Gasteiger partial charge in [-0.25, -0.2) is 8.42 Å². The van der Waals surface area contributed by atoms with Crippen LogP contribution in [0.4, 0.5) is 0 Å². The van der Waals surface area contributed by atoms with E-state index in [-0.39, 0.29) is 11.7 Å². The summed E-state index contributed by atoms with van der Waals surface area (Å²) in [5.74, 6) is 0.584. The van der Waals surface area contributed by atoms with Crippen molar-refractivity contribution >= 4 is 15.7 Å². The molecule has 0 bridgehead atoms. The molecule has 0 unspecified atom stereocenters. The lowest BCUT2D eigenvalue weighted by Crippen LogP contribution is -2.26. The maximum Gasteiger partial charge on any atom is 0.253 e. The minimum absolute atomic E-state index is 0.0300. The van der Waals surface area contributed by atoms with E-state index in [0.717, 1.165) is 16.9 Å². The highest BCUT2D eigenvalue weighted by Gasteiger charge is 2.15. The molecule has 25 heavy (non-hydrogen) atoms.